The van der Waals surface area contributed by atoms with E-state index >= 15 is 0 Å². The molecule has 1 aliphatic rings. The van der Waals surface area contributed by atoms with Crippen molar-refractivity contribution in [2.24, 2.45) is 0 Å². The Morgan fingerprint density at radius 1 is 1.37 bits per heavy atom. The SMILES string of the molecule is CC1(OCC(=O)O)CN(S(=O)(=O)c2ccccc2)C1. The Bertz CT molecular complexity index is 563. The monoisotopic (exact) mass is 285 g/mol. The molecule has 0 saturated carbocycles. The van der Waals surface area contributed by atoms with Crippen molar-refractivity contribution in [1.29, 1.82) is 0 Å². The number of benzene rings is 1. The van der Waals surface area contributed by atoms with E-state index in [-0.39, 0.29) is 18.0 Å². The van der Waals surface area contributed by atoms with Crippen LogP contribution < -0.4 is 0 Å². The molecule has 19 heavy (non-hydrogen) atoms. The lowest BCUT2D eigenvalue weighted by atomic mass is 10.0. The smallest absolute Gasteiger partial charge is 0.329 e. The summed E-state index contributed by atoms with van der Waals surface area (Å²) < 4.78 is 30.9. The van der Waals surface area contributed by atoms with Crippen LogP contribution in [0.1, 0.15) is 6.92 Å². The summed E-state index contributed by atoms with van der Waals surface area (Å²) in [5.74, 6) is -1.06. The number of ether oxygens (including phenoxy) is 1. The summed E-state index contributed by atoms with van der Waals surface area (Å²) in [6.45, 7) is 1.61. The third-order valence-electron chi connectivity index (χ3n) is 2.95. The Kier molecular flexibility index (Phi) is 3.62. The molecule has 1 heterocycles. The first kappa shape index (κ1) is 14.0. The highest BCUT2D eigenvalue weighted by Gasteiger charge is 2.46. The third kappa shape index (κ3) is 2.94. The average molecular weight is 285 g/mol. The van der Waals surface area contributed by atoms with Gasteiger partial charge in [-0.15, -0.1) is 0 Å². The number of nitrogens with zero attached hydrogens (tertiary/aromatic N) is 1. The van der Waals surface area contributed by atoms with Gasteiger partial charge in [-0.05, 0) is 19.1 Å². The predicted molar refractivity (Wildman–Crippen MR) is 67.2 cm³/mol. The van der Waals surface area contributed by atoms with Crippen molar-refractivity contribution in [3.05, 3.63) is 30.3 Å². The molecule has 1 aromatic rings. The van der Waals surface area contributed by atoms with Gasteiger partial charge in [0.15, 0.2) is 0 Å². The minimum absolute atomic E-state index is 0.164. The summed E-state index contributed by atoms with van der Waals surface area (Å²) in [6.07, 6.45) is 0. The summed E-state index contributed by atoms with van der Waals surface area (Å²) in [6, 6.07) is 8.13. The minimum atomic E-state index is -3.51. The van der Waals surface area contributed by atoms with Gasteiger partial charge in [-0.3, -0.25) is 0 Å². The van der Waals surface area contributed by atoms with Crippen molar-refractivity contribution in [3.63, 3.8) is 0 Å². The van der Waals surface area contributed by atoms with Gasteiger partial charge in [0.1, 0.15) is 6.61 Å². The Labute approximate surface area is 111 Å². The molecule has 1 aromatic carbocycles. The number of hydrogen-bond donors (Lipinski definition) is 1. The van der Waals surface area contributed by atoms with Crippen LogP contribution in [0.15, 0.2) is 35.2 Å². The molecule has 1 fully saturated rings. The van der Waals surface area contributed by atoms with Crippen LogP contribution in [-0.2, 0) is 19.6 Å². The number of carboxylic acids is 1. The molecule has 2 rings (SSSR count). The van der Waals surface area contributed by atoms with E-state index in [1.807, 2.05) is 0 Å². The van der Waals surface area contributed by atoms with Crippen LogP contribution in [0, 0.1) is 0 Å². The molecule has 1 N–H and O–H groups in total. The van der Waals surface area contributed by atoms with E-state index in [0.29, 0.717) is 0 Å². The first-order chi connectivity index (χ1) is 8.83. The lowest BCUT2D eigenvalue weighted by Crippen LogP contribution is -2.63. The molecule has 1 aliphatic heterocycles. The Morgan fingerprint density at radius 3 is 2.47 bits per heavy atom. The van der Waals surface area contributed by atoms with Crippen molar-refractivity contribution in [2.45, 2.75) is 17.4 Å². The van der Waals surface area contributed by atoms with Crippen LogP contribution in [0.5, 0.6) is 0 Å². The second-order valence-corrected chi connectivity index (χ2v) is 6.66. The van der Waals surface area contributed by atoms with E-state index in [2.05, 4.69) is 0 Å². The standard InChI is InChI=1S/C12H15NO5S/c1-12(18-7-11(14)15)8-13(9-12)19(16,17)10-5-3-2-4-6-10/h2-6H,7-9H2,1H3,(H,14,15). The van der Waals surface area contributed by atoms with Crippen LogP contribution in [0.3, 0.4) is 0 Å². The number of carboxylic acid groups (broad SMARTS) is 1. The van der Waals surface area contributed by atoms with E-state index in [9.17, 15) is 13.2 Å². The first-order valence-electron chi connectivity index (χ1n) is 5.74. The van der Waals surface area contributed by atoms with Gasteiger partial charge in [0.25, 0.3) is 0 Å². The van der Waals surface area contributed by atoms with Gasteiger partial charge in [-0.1, -0.05) is 18.2 Å². The maximum absolute atomic E-state index is 12.2. The zero-order valence-electron chi connectivity index (χ0n) is 10.4. The predicted octanol–water partition coefficient (Wildman–Crippen LogP) is 0.551. The van der Waals surface area contributed by atoms with E-state index in [1.54, 1.807) is 25.1 Å². The molecular weight excluding hydrogens is 270 g/mol. The van der Waals surface area contributed by atoms with Crippen LogP contribution >= 0.6 is 0 Å². The molecule has 0 aromatic heterocycles. The number of aliphatic carboxylic acids is 1. The quantitative estimate of drug-likeness (QED) is 0.854. The van der Waals surface area contributed by atoms with E-state index in [0.717, 1.165) is 0 Å². The van der Waals surface area contributed by atoms with Gasteiger partial charge in [-0.25, -0.2) is 13.2 Å². The topological polar surface area (TPSA) is 83.9 Å². The summed E-state index contributed by atoms with van der Waals surface area (Å²) in [4.78, 5) is 10.7. The second kappa shape index (κ2) is 4.92. The lowest BCUT2D eigenvalue weighted by molar-refractivity contribution is -0.157. The Hall–Kier alpha value is -1.44. The molecule has 0 atom stereocenters. The summed E-state index contributed by atoms with van der Waals surface area (Å²) in [5, 5.41) is 8.54. The summed E-state index contributed by atoms with van der Waals surface area (Å²) >= 11 is 0. The lowest BCUT2D eigenvalue weighted by Gasteiger charge is -2.46. The van der Waals surface area contributed by atoms with Gasteiger partial charge in [-0.2, -0.15) is 4.31 Å². The molecule has 0 spiro atoms. The maximum atomic E-state index is 12.2. The van der Waals surface area contributed by atoms with Gasteiger partial charge >= 0.3 is 5.97 Å². The fourth-order valence-electron chi connectivity index (χ4n) is 1.94. The van der Waals surface area contributed by atoms with Crippen LogP contribution in [0.4, 0.5) is 0 Å². The van der Waals surface area contributed by atoms with Crippen molar-refractivity contribution in [3.8, 4) is 0 Å². The highest BCUT2D eigenvalue weighted by atomic mass is 32.2. The number of sulfonamides is 1. The summed E-state index contributed by atoms with van der Waals surface area (Å²) in [5.41, 5.74) is -0.722. The molecule has 104 valence electrons. The normalized spacial score (nSPS) is 18.8. The largest absolute Gasteiger partial charge is 0.480 e. The fourth-order valence-corrected chi connectivity index (χ4v) is 3.62. The number of rotatable bonds is 5. The third-order valence-corrected chi connectivity index (χ3v) is 4.75. The van der Waals surface area contributed by atoms with E-state index in [4.69, 9.17) is 9.84 Å². The van der Waals surface area contributed by atoms with Crippen molar-refractivity contribution in [1.82, 2.24) is 4.31 Å². The molecule has 0 unspecified atom stereocenters. The Morgan fingerprint density at radius 2 is 1.95 bits per heavy atom. The maximum Gasteiger partial charge on any atom is 0.329 e. The molecule has 7 heteroatoms. The van der Waals surface area contributed by atoms with Crippen molar-refractivity contribution < 1.29 is 23.1 Å². The molecular formula is C12H15NO5S. The molecule has 1 saturated heterocycles. The van der Waals surface area contributed by atoms with Crippen molar-refractivity contribution in [2.75, 3.05) is 19.7 Å². The van der Waals surface area contributed by atoms with E-state index < -0.39 is 28.2 Å². The fraction of sp³-hybridized carbons (Fsp3) is 0.417. The van der Waals surface area contributed by atoms with Gasteiger partial charge in [0.2, 0.25) is 10.0 Å². The van der Waals surface area contributed by atoms with Gasteiger partial charge in [0, 0.05) is 13.1 Å². The van der Waals surface area contributed by atoms with Gasteiger partial charge < -0.3 is 9.84 Å². The van der Waals surface area contributed by atoms with E-state index in [1.165, 1.54) is 16.4 Å². The molecule has 0 amide bonds. The molecule has 0 aliphatic carbocycles. The molecule has 0 bridgehead atoms. The first-order valence-corrected chi connectivity index (χ1v) is 7.18. The number of hydrogen-bond acceptors (Lipinski definition) is 4. The van der Waals surface area contributed by atoms with Crippen LogP contribution in [-0.4, -0.2) is 49.1 Å². The zero-order chi connectivity index (χ0) is 14.1. The second-order valence-electron chi connectivity index (χ2n) is 4.72. The van der Waals surface area contributed by atoms with Crippen LogP contribution in [0.25, 0.3) is 0 Å². The minimum Gasteiger partial charge on any atom is -0.480 e. The zero-order valence-corrected chi connectivity index (χ0v) is 11.3. The number of carbonyl (C=O) groups is 1. The van der Waals surface area contributed by atoms with Crippen molar-refractivity contribution >= 4 is 16.0 Å². The Balaban J connectivity index is 2.02. The average Bonchev–Trinajstić information content (AvgIpc) is 2.34. The summed E-state index contributed by atoms with van der Waals surface area (Å²) in [7, 11) is -3.51. The van der Waals surface area contributed by atoms with Crippen LogP contribution in [0.2, 0.25) is 0 Å². The molecule has 6 nitrogen and oxygen atoms in total. The van der Waals surface area contributed by atoms with Gasteiger partial charge in [0.05, 0.1) is 10.5 Å². The highest BCUT2D eigenvalue weighted by molar-refractivity contribution is 7.89. The molecule has 0 radical (unpaired) electrons. The highest BCUT2D eigenvalue weighted by Crippen LogP contribution is 2.30.